The topological polar surface area (TPSA) is 12.0 Å². The Bertz CT molecular complexity index is 220. The predicted octanol–water partition coefficient (Wildman–Crippen LogP) is 5.54. The molecule has 1 atom stereocenters. The van der Waals surface area contributed by atoms with Crippen molar-refractivity contribution in [2.45, 2.75) is 97.9 Å². The number of hydrogen-bond donors (Lipinski definition) is 1. The zero-order valence-corrected chi connectivity index (χ0v) is 13.9. The Hall–Kier alpha value is -0.0400. The molecule has 0 spiro atoms. The smallest absolute Gasteiger partial charge is 0.00684 e. The van der Waals surface area contributed by atoms with E-state index < -0.39 is 0 Å². The van der Waals surface area contributed by atoms with Gasteiger partial charge in [0.2, 0.25) is 0 Å². The Balaban J connectivity index is 2.10. The van der Waals surface area contributed by atoms with Crippen LogP contribution in [0.1, 0.15) is 91.9 Å². The van der Waals surface area contributed by atoms with Crippen LogP contribution in [0.2, 0.25) is 0 Å². The highest BCUT2D eigenvalue weighted by Crippen LogP contribution is 2.34. The molecule has 19 heavy (non-hydrogen) atoms. The fourth-order valence-corrected chi connectivity index (χ4v) is 2.73. The predicted molar refractivity (Wildman–Crippen MR) is 86.6 cm³/mol. The summed E-state index contributed by atoms with van der Waals surface area (Å²) in [4.78, 5) is 0. The molecule has 1 saturated carbocycles. The van der Waals surface area contributed by atoms with Crippen molar-refractivity contribution in [3.05, 3.63) is 0 Å². The van der Waals surface area contributed by atoms with Gasteiger partial charge in [-0.1, -0.05) is 72.6 Å². The van der Waals surface area contributed by atoms with Crippen LogP contribution in [-0.2, 0) is 0 Å². The Morgan fingerprint density at radius 2 is 1.58 bits per heavy atom. The van der Waals surface area contributed by atoms with Gasteiger partial charge in [-0.2, -0.15) is 0 Å². The summed E-state index contributed by atoms with van der Waals surface area (Å²) in [7, 11) is 0. The van der Waals surface area contributed by atoms with Gasteiger partial charge < -0.3 is 5.32 Å². The summed E-state index contributed by atoms with van der Waals surface area (Å²) < 4.78 is 0. The first kappa shape index (κ1) is 17.0. The Morgan fingerprint density at radius 1 is 1.00 bits per heavy atom. The molecular weight excluding hydrogens is 230 g/mol. The molecule has 114 valence electrons. The van der Waals surface area contributed by atoms with Gasteiger partial charge in [0.25, 0.3) is 0 Å². The van der Waals surface area contributed by atoms with Gasteiger partial charge in [-0.3, -0.25) is 0 Å². The second-order valence-corrected chi connectivity index (χ2v) is 7.34. The fraction of sp³-hybridized carbons (Fsp3) is 1.00. The summed E-state index contributed by atoms with van der Waals surface area (Å²) in [5.74, 6) is 0.791. The lowest BCUT2D eigenvalue weighted by atomic mass is 9.75. The van der Waals surface area contributed by atoms with Crippen molar-refractivity contribution in [1.82, 2.24) is 5.32 Å². The summed E-state index contributed by atoms with van der Waals surface area (Å²) in [5.41, 5.74) is 0.506. The summed E-state index contributed by atoms with van der Waals surface area (Å²) >= 11 is 0. The van der Waals surface area contributed by atoms with Gasteiger partial charge in [-0.05, 0) is 30.6 Å². The second kappa shape index (κ2) is 9.00. The molecule has 1 fully saturated rings. The van der Waals surface area contributed by atoms with E-state index in [1.165, 1.54) is 70.8 Å². The highest BCUT2D eigenvalue weighted by atomic mass is 15.0. The number of nitrogens with one attached hydrogen (secondary N) is 1. The van der Waals surface area contributed by atoms with Gasteiger partial charge in [0.15, 0.2) is 0 Å². The minimum absolute atomic E-state index is 0.506. The summed E-state index contributed by atoms with van der Waals surface area (Å²) in [6, 6.07) is 0.854. The van der Waals surface area contributed by atoms with Gasteiger partial charge in [0, 0.05) is 12.6 Å². The third-order valence-electron chi connectivity index (χ3n) is 5.12. The third kappa shape index (κ3) is 7.34. The van der Waals surface area contributed by atoms with Crippen LogP contribution < -0.4 is 5.32 Å². The van der Waals surface area contributed by atoms with Crippen molar-refractivity contribution >= 4 is 0 Å². The third-order valence-corrected chi connectivity index (χ3v) is 5.12. The molecule has 0 bridgehead atoms. The lowest BCUT2D eigenvalue weighted by Crippen LogP contribution is -2.37. The standard InChI is InChI=1S/C18H37N/c1-5-6-7-8-9-10-11-14-18(4,16(2)3)15-19-17-12-13-17/h16-17,19H,5-15H2,1-4H3. The second-order valence-electron chi connectivity index (χ2n) is 7.34. The van der Waals surface area contributed by atoms with E-state index in [0.717, 1.165) is 12.0 Å². The van der Waals surface area contributed by atoms with Crippen molar-refractivity contribution in [3.63, 3.8) is 0 Å². The SMILES string of the molecule is CCCCCCCCCC(C)(CNC1CC1)C(C)C. The number of rotatable bonds is 12. The van der Waals surface area contributed by atoms with Crippen molar-refractivity contribution < 1.29 is 0 Å². The summed E-state index contributed by atoms with van der Waals surface area (Å²) in [5, 5.41) is 3.75. The van der Waals surface area contributed by atoms with Crippen molar-refractivity contribution in [1.29, 1.82) is 0 Å². The van der Waals surface area contributed by atoms with Crippen LogP contribution in [0.4, 0.5) is 0 Å². The summed E-state index contributed by atoms with van der Waals surface area (Å²) in [6.45, 7) is 10.8. The average molecular weight is 268 g/mol. The normalized spacial score (nSPS) is 18.8. The van der Waals surface area contributed by atoms with Gasteiger partial charge in [0.05, 0.1) is 0 Å². The molecule has 1 rings (SSSR count). The van der Waals surface area contributed by atoms with E-state index in [4.69, 9.17) is 0 Å². The van der Waals surface area contributed by atoms with Gasteiger partial charge in [0.1, 0.15) is 0 Å². The van der Waals surface area contributed by atoms with Crippen molar-refractivity contribution in [3.8, 4) is 0 Å². The first-order valence-electron chi connectivity index (χ1n) is 8.82. The largest absolute Gasteiger partial charge is 0.313 e. The maximum absolute atomic E-state index is 3.75. The molecule has 1 aliphatic carbocycles. The molecule has 1 N–H and O–H groups in total. The molecule has 0 aromatic rings. The van der Waals surface area contributed by atoms with Crippen LogP contribution in [0.3, 0.4) is 0 Å². The van der Waals surface area contributed by atoms with Crippen LogP contribution in [0, 0.1) is 11.3 Å². The minimum Gasteiger partial charge on any atom is -0.313 e. The van der Waals surface area contributed by atoms with Crippen molar-refractivity contribution in [2.24, 2.45) is 11.3 Å². The molecule has 0 aromatic carbocycles. The first-order valence-corrected chi connectivity index (χ1v) is 8.82. The molecule has 0 aliphatic heterocycles. The first-order chi connectivity index (χ1) is 9.08. The van der Waals surface area contributed by atoms with E-state index in [1.54, 1.807) is 0 Å². The van der Waals surface area contributed by atoms with E-state index in [-0.39, 0.29) is 0 Å². The highest BCUT2D eigenvalue weighted by Gasteiger charge is 2.30. The van der Waals surface area contributed by atoms with E-state index in [9.17, 15) is 0 Å². The zero-order chi connectivity index (χ0) is 14.1. The molecule has 0 radical (unpaired) electrons. The molecule has 0 saturated heterocycles. The van der Waals surface area contributed by atoms with Crippen LogP contribution in [0.15, 0.2) is 0 Å². The molecule has 1 nitrogen and oxygen atoms in total. The van der Waals surface area contributed by atoms with Gasteiger partial charge in [-0.15, -0.1) is 0 Å². The molecule has 0 aromatic heterocycles. The van der Waals surface area contributed by atoms with Crippen LogP contribution in [0.5, 0.6) is 0 Å². The number of unbranched alkanes of at least 4 members (excludes halogenated alkanes) is 6. The molecule has 1 aliphatic rings. The highest BCUT2D eigenvalue weighted by molar-refractivity contribution is 4.87. The minimum atomic E-state index is 0.506. The maximum Gasteiger partial charge on any atom is 0.00684 e. The van der Waals surface area contributed by atoms with E-state index in [0.29, 0.717) is 5.41 Å². The molecule has 0 heterocycles. The van der Waals surface area contributed by atoms with Crippen LogP contribution in [-0.4, -0.2) is 12.6 Å². The molecule has 1 heteroatoms. The fourth-order valence-electron chi connectivity index (χ4n) is 2.73. The summed E-state index contributed by atoms with van der Waals surface area (Å²) in [6.07, 6.45) is 14.2. The molecule has 1 unspecified atom stereocenters. The molecular formula is C18H37N. The monoisotopic (exact) mass is 267 g/mol. The molecule has 0 amide bonds. The van der Waals surface area contributed by atoms with E-state index >= 15 is 0 Å². The van der Waals surface area contributed by atoms with E-state index in [2.05, 4.69) is 33.0 Å². The average Bonchev–Trinajstić information content (AvgIpc) is 3.19. The Morgan fingerprint density at radius 3 is 2.11 bits per heavy atom. The van der Waals surface area contributed by atoms with E-state index in [1.807, 2.05) is 0 Å². The Kier molecular flexibility index (Phi) is 8.06. The lowest BCUT2D eigenvalue weighted by Gasteiger charge is -2.34. The van der Waals surface area contributed by atoms with Crippen LogP contribution in [0.25, 0.3) is 0 Å². The number of hydrogen-bond acceptors (Lipinski definition) is 1. The van der Waals surface area contributed by atoms with Gasteiger partial charge >= 0.3 is 0 Å². The van der Waals surface area contributed by atoms with Crippen LogP contribution >= 0.6 is 0 Å². The Labute approximate surface area is 121 Å². The van der Waals surface area contributed by atoms with Crippen molar-refractivity contribution in [2.75, 3.05) is 6.54 Å². The quantitative estimate of drug-likeness (QED) is 0.458. The lowest BCUT2D eigenvalue weighted by molar-refractivity contribution is 0.184. The van der Waals surface area contributed by atoms with Gasteiger partial charge in [-0.25, -0.2) is 0 Å². The maximum atomic E-state index is 3.75. The zero-order valence-electron chi connectivity index (χ0n) is 13.9.